The van der Waals surface area contributed by atoms with Crippen molar-refractivity contribution in [2.24, 2.45) is 0 Å². The van der Waals surface area contributed by atoms with E-state index < -0.39 is 12.5 Å². The summed E-state index contributed by atoms with van der Waals surface area (Å²) in [6.45, 7) is 1.24. The Hall–Kier alpha value is -0.870. The molecule has 2 saturated heterocycles. The van der Waals surface area contributed by atoms with Gasteiger partial charge in [-0.05, 0) is 12.8 Å². The molecule has 0 atom stereocenters. The number of carbonyl (C=O) groups excluding carboxylic acids is 1. The molecule has 3 nitrogen and oxygen atoms in total. The fraction of sp³-hybridized carbons (Fsp3) is 0.889. The third-order valence-electron chi connectivity index (χ3n) is 2.82. The van der Waals surface area contributed by atoms with Gasteiger partial charge in [0.25, 0.3) is 5.92 Å². The number of carbonyl (C=O) groups is 1. The van der Waals surface area contributed by atoms with E-state index in [1.54, 1.807) is 4.90 Å². The van der Waals surface area contributed by atoms with Crippen molar-refractivity contribution in [1.82, 2.24) is 9.80 Å². The lowest BCUT2D eigenvalue weighted by Gasteiger charge is -2.23. The van der Waals surface area contributed by atoms with Gasteiger partial charge in [-0.25, -0.2) is 13.6 Å². The molecule has 0 unspecified atom stereocenters. The topological polar surface area (TPSA) is 23.6 Å². The average molecular weight is 204 g/mol. The average Bonchev–Trinajstić information content (AvgIpc) is 2.72. The van der Waals surface area contributed by atoms with Crippen LogP contribution in [0.3, 0.4) is 0 Å². The molecule has 0 aliphatic carbocycles. The molecule has 0 aromatic heterocycles. The molecular weight excluding hydrogens is 190 g/mol. The monoisotopic (exact) mass is 204 g/mol. The second-order valence-electron chi connectivity index (χ2n) is 4.00. The van der Waals surface area contributed by atoms with Gasteiger partial charge in [0, 0.05) is 26.1 Å². The van der Waals surface area contributed by atoms with Gasteiger partial charge in [0.2, 0.25) is 0 Å². The van der Waals surface area contributed by atoms with Gasteiger partial charge < -0.3 is 9.80 Å². The van der Waals surface area contributed by atoms with E-state index in [4.69, 9.17) is 0 Å². The highest BCUT2D eigenvalue weighted by Gasteiger charge is 2.41. The van der Waals surface area contributed by atoms with Crippen LogP contribution in [-0.2, 0) is 0 Å². The summed E-state index contributed by atoms with van der Waals surface area (Å²) < 4.78 is 25.7. The highest BCUT2D eigenvalue weighted by molar-refractivity contribution is 5.75. The van der Waals surface area contributed by atoms with E-state index in [9.17, 15) is 13.6 Å². The summed E-state index contributed by atoms with van der Waals surface area (Å²) in [5.41, 5.74) is 0. The summed E-state index contributed by atoms with van der Waals surface area (Å²) in [6.07, 6.45) is 1.80. The Bertz CT molecular complexity index is 239. The van der Waals surface area contributed by atoms with Gasteiger partial charge in [0.15, 0.2) is 0 Å². The third-order valence-corrected chi connectivity index (χ3v) is 2.82. The molecule has 2 fully saturated rings. The van der Waals surface area contributed by atoms with Gasteiger partial charge in [-0.2, -0.15) is 0 Å². The molecule has 0 saturated carbocycles. The first-order valence-electron chi connectivity index (χ1n) is 5.00. The molecule has 2 aliphatic rings. The largest absolute Gasteiger partial charge is 0.325 e. The predicted octanol–water partition coefficient (Wildman–Crippen LogP) is 1.54. The van der Waals surface area contributed by atoms with E-state index in [2.05, 4.69) is 0 Å². The second kappa shape index (κ2) is 3.37. The molecule has 0 aromatic carbocycles. The first-order valence-corrected chi connectivity index (χ1v) is 5.00. The Labute approximate surface area is 81.7 Å². The number of rotatable bonds is 0. The van der Waals surface area contributed by atoms with Crippen molar-refractivity contribution in [2.45, 2.75) is 25.2 Å². The fourth-order valence-electron chi connectivity index (χ4n) is 2.01. The lowest BCUT2D eigenvalue weighted by molar-refractivity contribution is 0.0141. The van der Waals surface area contributed by atoms with Crippen LogP contribution in [0.25, 0.3) is 0 Å². The Morgan fingerprint density at radius 2 is 1.71 bits per heavy atom. The van der Waals surface area contributed by atoms with Gasteiger partial charge in [0.1, 0.15) is 0 Å². The number of amides is 2. The first kappa shape index (κ1) is 9.68. The second-order valence-corrected chi connectivity index (χ2v) is 4.00. The lowest BCUT2D eigenvalue weighted by Crippen LogP contribution is -2.41. The standard InChI is InChI=1S/C9H14F2N2O/c10-9(11)3-6-13(7-9)8(14)12-4-1-2-5-12/h1-7H2. The van der Waals surface area contributed by atoms with Gasteiger partial charge in [0.05, 0.1) is 6.54 Å². The SMILES string of the molecule is O=C(N1CCCC1)N1CCC(F)(F)C1. The molecule has 2 heterocycles. The molecule has 0 bridgehead atoms. The Balaban J connectivity index is 1.92. The van der Waals surface area contributed by atoms with Crippen molar-refractivity contribution in [1.29, 1.82) is 0 Å². The fourth-order valence-corrected chi connectivity index (χ4v) is 2.01. The maximum Gasteiger partial charge on any atom is 0.320 e. The molecule has 14 heavy (non-hydrogen) atoms. The van der Waals surface area contributed by atoms with Crippen LogP contribution in [0.15, 0.2) is 0 Å². The van der Waals surface area contributed by atoms with E-state index in [1.165, 1.54) is 4.90 Å². The summed E-state index contributed by atoms with van der Waals surface area (Å²) in [5, 5.41) is 0. The summed E-state index contributed by atoms with van der Waals surface area (Å²) in [5.74, 6) is -2.67. The van der Waals surface area contributed by atoms with E-state index in [0.717, 1.165) is 25.9 Å². The normalized spacial score (nSPS) is 25.9. The van der Waals surface area contributed by atoms with Crippen molar-refractivity contribution in [3.05, 3.63) is 0 Å². The zero-order valence-corrected chi connectivity index (χ0v) is 8.01. The third kappa shape index (κ3) is 1.81. The maximum absolute atomic E-state index is 12.8. The number of hydrogen-bond donors (Lipinski definition) is 0. The Morgan fingerprint density at radius 3 is 2.21 bits per heavy atom. The van der Waals surface area contributed by atoms with Crippen LogP contribution in [0.5, 0.6) is 0 Å². The van der Waals surface area contributed by atoms with Crippen molar-refractivity contribution in [2.75, 3.05) is 26.2 Å². The minimum absolute atomic E-state index is 0.188. The molecule has 80 valence electrons. The van der Waals surface area contributed by atoms with Gasteiger partial charge in [-0.15, -0.1) is 0 Å². The van der Waals surface area contributed by atoms with Crippen molar-refractivity contribution in [3.8, 4) is 0 Å². The van der Waals surface area contributed by atoms with Gasteiger partial charge >= 0.3 is 6.03 Å². The van der Waals surface area contributed by atoms with Crippen LogP contribution in [0.1, 0.15) is 19.3 Å². The zero-order valence-electron chi connectivity index (χ0n) is 8.01. The zero-order chi connectivity index (χ0) is 10.2. The van der Waals surface area contributed by atoms with Gasteiger partial charge in [-0.1, -0.05) is 0 Å². The van der Waals surface area contributed by atoms with Crippen LogP contribution >= 0.6 is 0 Å². The smallest absolute Gasteiger partial charge is 0.320 e. The number of hydrogen-bond acceptors (Lipinski definition) is 1. The number of nitrogens with zero attached hydrogens (tertiary/aromatic N) is 2. The van der Waals surface area contributed by atoms with Crippen LogP contribution in [0.4, 0.5) is 13.6 Å². The number of alkyl halides is 2. The molecule has 0 N–H and O–H groups in total. The van der Waals surface area contributed by atoms with Crippen LogP contribution in [0, 0.1) is 0 Å². The maximum atomic E-state index is 12.8. The molecule has 2 rings (SSSR count). The molecule has 2 amide bonds. The van der Waals surface area contributed by atoms with Crippen LogP contribution in [-0.4, -0.2) is 47.9 Å². The van der Waals surface area contributed by atoms with E-state index >= 15 is 0 Å². The highest BCUT2D eigenvalue weighted by Crippen LogP contribution is 2.27. The number of halogens is 2. The Kier molecular flexibility index (Phi) is 2.33. The van der Waals surface area contributed by atoms with Crippen LogP contribution in [0.2, 0.25) is 0 Å². The quantitative estimate of drug-likeness (QED) is 0.587. The summed E-state index contributed by atoms with van der Waals surface area (Å²) in [7, 11) is 0. The summed E-state index contributed by atoms with van der Waals surface area (Å²) >= 11 is 0. The van der Waals surface area contributed by atoms with E-state index in [0.29, 0.717) is 0 Å². The minimum atomic E-state index is -2.67. The molecule has 2 aliphatic heterocycles. The molecule has 0 radical (unpaired) electrons. The minimum Gasteiger partial charge on any atom is -0.325 e. The Morgan fingerprint density at radius 1 is 1.07 bits per heavy atom. The number of likely N-dealkylation sites (tertiary alicyclic amines) is 2. The summed E-state index contributed by atoms with van der Waals surface area (Å²) in [4.78, 5) is 14.6. The predicted molar refractivity (Wildman–Crippen MR) is 47.3 cm³/mol. The lowest BCUT2D eigenvalue weighted by atomic mass is 10.3. The summed E-state index contributed by atoms with van der Waals surface area (Å²) in [6, 6.07) is -0.209. The van der Waals surface area contributed by atoms with E-state index in [-0.39, 0.29) is 19.0 Å². The molecule has 0 aromatic rings. The van der Waals surface area contributed by atoms with E-state index in [1.807, 2.05) is 0 Å². The van der Waals surface area contributed by atoms with Crippen molar-refractivity contribution < 1.29 is 13.6 Å². The van der Waals surface area contributed by atoms with Crippen molar-refractivity contribution >= 4 is 6.03 Å². The van der Waals surface area contributed by atoms with Crippen molar-refractivity contribution in [3.63, 3.8) is 0 Å². The molecule has 0 spiro atoms. The molecular formula is C9H14F2N2O. The van der Waals surface area contributed by atoms with Crippen LogP contribution < -0.4 is 0 Å². The molecule has 5 heteroatoms. The number of urea groups is 1. The van der Waals surface area contributed by atoms with Gasteiger partial charge in [-0.3, -0.25) is 0 Å². The first-order chi connectivity index (χ1) is 6.58. The highest BCUT2D eigenvalue weighted by atomic mass is 19.3.